The highest BCUT2D eigenvalue weighted by atomic mass is 35.5. The van der Waals surface area contributed by atoms with Crippen LogP contribution < -0.4 is 10.1 Å². The van der Waals surface area contributed by atoms with E-state index in [2.05, 4.69) is 61.9 Å². The van der Waals surface area contributed by atoms with E-state index < -0.39 is 29.7 Å². The summed E-state index contributed by atoms with van der Waals surface area (Å²) in [6.07, 6.45) is 13.1. The molecule has 3 aliphatic heterocycles. The Labute approximate surface area is 347 Å². The Morgan fingerprint density at radius 2 is 1.90 bits per heavy atom. The molecule has 0 saturated carbocycles. The van der Waals surface area contributed by atoms with Crippen molar-refractivity contribution in [2.24, 2.45) is 10.9 Å². The van der Waals surface area contributed by atoms with E-state index in [1.165, 1.54) is 6.07 Å². The average molecular weight is 829 g/mol. The molecule has 9 rings (SSSR count). The zero-order valence-corrected chi connectivity index (χ0v) is 33.9. The number of piperidine rings is 1. The molecule has 2 atom stereocenters. The molecule has 7 heterocycles. The number of ether oxygens (including phenoxy) is 1. The van der Waals surface area contributed by atoms with Gasteiger partial charge in [-0.05, 0) is 68.4 Å². The number of aromatic nitrogens is 7. The van der Waals surface area contributed by atoms with E-state index >= 15 is 0 Å². The van der Waals surface area contributed by atoms with Crippen molar-refractivity contribution in [2.45, 2.75) is 78.7 Å². The third-order valence-corrected chi connectivity index (χ3v) is 12.5. The number of hydrogen-bond acceptors (Lipinski definition) is 11. The molecular weight excluding hydrogens is 792 g/mol. The molecule has 0 radical (unpaired) electrons. The number of thiophene rings is 1. The molecule has 0 bridgehead atoms. The summed E-state index contributed by atoms with van der Waals surface area (Å²) < 4.78 is 11.9. The number of allylic oxidation sites excluding steroid dienone is 4. The lowest BCUT2D eigenvalue weighted by atomic mass is 9.89. The van der Waals surface area contributed by atoms with Crippen molar-refractivity contribution in [1.29, 1.82) is 0 Å². The van der Waals surface area contributed by atoms with Gasteiger partial charge in [-0.15, -0.1) is 21.5 Å². The number of benzene rings is 1. The fourth-order valence-electron chi connectivity index (χ4n) is 7.79. The number of fused-ring (bicyclic) bond motifs is 4. The molecule has 4 aliphatic rings. The first kappa shape index (κ1) is 38.1. The van der Waals surface area contributed by atoms with Gasteiger partial charge in [0.1, 0.15) is 35.8 Å². The van der Waals surface area contributed by atoms with Gasteiger partial charge in [-0.3, -0.25) is 43.6 Å². The van der Waals surface area contributed by atoms with Gasteiger partial charge in [0, 0.05) is 42.5 Å². The molecule has 15 nitrogen and oxygen atoms in total. The van der Waals surface area contributed by atoms with Crippen molar-refractivity contribution in [3.63, 3.8) is 0 Å². The average Bonchev–Trinajstić information content (AvgIpc) is 4.04. The Morgan fingerprint density at radius 3 is 2.73 bits per heavy atom. The maximum Gasteiger partial charge on any atom is 0.266 e. The Balaban J connectivity index is 0.831. The number of nitrogens with zero attached hydrogens (tertiary/aromatic N) is 9. The highest BCUT2D eigenvalue weighted by Gasteiger charge is 2.46. The SMILES string of the molecule is Cc1c(C#Cc2cnn(CCCn3cnc(COc4cccc5c4C(=O)N(C4CCC(=O)NC4=O)C5=O)c3)c2)sc2c1C(C1=CC=C(Cl)C(C)C1)=NCc1nnc(C)n1-2. The summed E-state index contributed by atoms with van der Waals surface area (Å²) in [5.41, 5.74) is 5.93. The van der Waals surface area contributed by atoms with Gasteiger partial charge in [-0.25, -0.2) is 4.98 Å². The fraction of sp³-hybridized carbons (Fsp3) is 0.310. The summed E-state index contributed by atoms with van der Waals surface area (Å²) in [6, 6.07) is 3.71. The minimum atomic E-state index is -1.05. The zero-order valence-electron chi connectivity index (χ0n) is 32.4. The number of aryl methyl sites for hydroxylation is 3. The second kappa shape index (κ2) is 15.4. The molecule has 4 aromatic heterocycles. The first-order valence-corrected chi connectivity index (χ1v) is 20.4. The van der Waals surface area contributed by atoms with Crippen LogP contribution in [0.2, 0.25) is 0 Å². The molecule has 1 aromatic carbocycles. The molecule has 5 aromatic rings. The number of amides is 4. The van der Waals surface area contributed by atoms with Crippen LogP contribution in [0.4, 0.5) is 0 Å². The molecule has 4 amide bonds. The van der Waals surface area contributed by atoms with E-state index in [-0.39, 0.29) is 42.2 Å². The molecule has 1 aliphatic carbocycles. The van der Waals surface area contributed by atoms with E-state index in [4.69, 9.17) is 21.3 Å². The largest absolute Gasteiger partial charge is 0.486 e. The molecule has 2 unspecified atom stereocenters. The standard InChI is InChI=1S/C42H37ClN10O5S/c1-23-16-27(9-10-30(23)43)38-36-24(2)33(59-42(36)52-25(3)48-49-34(52)18-44-38)12-8-26-17-46-51(19-26)15-5-14-50-20-28(45-22-50)21-58-32-7-4-6-29-37(32)41(57)53(40(29)56)31-11-13-35(54)47-39(31)55/h4,6-7,9-10,17,19-20,22-23,31H,5,11,13-16,18,21H2,1-3H3,(H,47,54,55). The third kappa shape index (κ3) is 7.10. The van der Waals surface area contributed by atoms with Crippen molar-refractivity contribution < 1.29 is 23.9 Å². The Kier molecular flexibility index (Phi) is 9.93. The second-order valence-corrected chi connectivity index (χ2v) is 16.3. The molecule has 59 heavy (non-hydrogen) atoms. The Morgan fingerprint density at radius 1 is 1.03 bits per heavy atom. The fourth-order valence-corrected chi connectivity index (χ4v) is 9.16. The summed E-state index contributed by atoms with van der Waals surface area (Å²) in [6.45, 7) is 8.03. The highest BCUT2D eigenvalue weighted by Crippen LogP contribution is 2.39. The monoisotopic (exact) mass is 828 g/mol. The number of carbonyl (C=O) groups is 4. The lowest BCUT2D eigenvalue weighted by molar-refractivity contribution is -0.136. The quantitative estimate of drug-likeness (QED) is 0.155. The van der Waals surface area contributed by atoms with E-state index in [0.29, 0.717) is 25.3 Å². The van der Waals surface area contributed by atoms with Crippen LogP contribution in [0.5, 0.6) is 5.75 Å². The minimum absolute atomic E-state index is 0.0453. The van der Waals surface area contributed by atoms with E-state index in [9.17, 15) is 19.2 Å². The smallest absolute Gasteiger partial charge is 0.266 e. The normalized spacial score (nSPS) is 18.6. The molecule has 17 heteroatoms. The number of imidazole rings is 1. The lowest BCUT2D eigenvalue weighted by Crippen LogP contribution is -2.54. The highest BCUT2D eigenvalue weighted by molar-refractivity contribution is 7.15. The molecular formula is C42H37ClN10O5S. The zero-order chi connectivity index (χ0) is 40.9. The first-order chi connectivity index (χ1) is 28.5. The summed E-state index contributed by atoms with van der Waals surface area (Å²) in [5, 5.41) is 17.4. The van der Waals surface area contributed by atoms with E-state index in [1.807, 2.05) is 34.6 Å². The van der Waals surface area contributed by atoms with Crippen LogP contribution >= 0.6 is 22.9 Å². The molecule has 1 saturated heterocycles. The van der Waals surface area contributed by atoms with Gasteiger partial charge in [0.05, 0.1) is 45.5 Å². The number of hydrogen-bond donors (Lipinski definition) is 1. The third-order valence-electron chi connectivity index (χ3n) is 10.8. The number of imide groups is 2. The predicted octanol–water partition coefficient (Wildman–Crippen LogP) is 5.20. The Hall–Kier alpha value is -6.44. The number of rotatable bonds is 9. The van der Waals surface area contributed by atoms with Crippen LogP contribution in [0.15, 0.2) is 70.9 Å². The van der Waals surface area contributed by atoms with E-state index in [1.54, 1.807) is 36.0 Å². The van der Waals surface area contributed by atoms with Gasteiger partial charge in [0.15, 0.2) is 5.82 Å². The van der Waals surface area contributed by atoms with Crippen LogP contribution in [-0.2, 0) is 35.8 Å². The summed E-state index contributed by atoms with van der Waals surface area (Å²) in [5.74, 6) is 6.48. The van der Waals surface area contributed by atoms with Gasteiger partial charge in [-0.1, -0.05) is 42.5 Å². The summed E-state index contributed by atoms with van der Waals surface area (Å²) >= 11 is 8.06. The van der Waals surface area contributed by atoms with Crippen molar-refractivity contribution in [2.75, 3.05) is 0 Å². The van der Waals surface area contributed by atoms with Gasteiger partial charge in [-0.2, -0.15) is 5.10 Å². The molecule has 1 fully saturated rings. The summed E-state index contributed by atoms with van der Waals surface area (Å²) in [7, 11) is 0. The van der Waals surface area contributed by atoms with Crippen molar-refractivity contribution in [3.05, 3.63) is 116 Å². The van der Waals surface area contributed by atoms with Gasteiger partial charge < -0.3 is 9.30 Å². The van der Waals surface area contributed by atoms with Gasteiger partial charge >= 0.3 is 0 Å². The van der Waals surface area contributed by atoms with Crippen molar-refractivity contribution >= 4 is 52.3 Å². The lowest BCUT2D eigenvalue weighted by Gasteiger charge is -2.27. The molecule has 1 N–H and O–H groups in total. The molecule has 298 valence electrons. The number of halogens is 1. The summed E-state index contributed by atoms with van der Waals surface area (Å²) in [4.78, 5) is 62.0. The van der Waals surface area contributed by atoms with Gasteiger partial charge in [0.25, 0.3) is 11.8 Å². The van der Waals surface area contributed by atoms with Crippen molar-refractivity contribution in [1.82, 2.24) is 44.3 Å². The number of carbonyl (C=O) groups excluding carboxylic acids is 4. The van der Waals surface area contributed by atoms with Crippen LogP contribution in [0, 0.1) is 31.6 Å². The second-order valence-electron chi connectivity index (χ2n) is 14.9. The number of nitrogens with one attached hydrogen (secondary N) is 1. The van der Waals surface area contributed by atoms with Crippen LogP contribution in [0.1, 0.15) is 92.2 Å². The van der Waals surface area contributed by atoms with Crippen LogP contribution in [-0.4, -0.2) is 74.4 Å². The topological polar surface area (TPSA) is 171 Å². The maximum absolute atomic E-state index is 13.4. The van der Waals surface area contributed by atoms with Crippen molar-refractivity contribution in [3.8, 4) is 22.6 Å². The van der Waals surface area contributed by atoms with E-state index in [0.717, 1.165) is 72.3 Å². The maximum atomic E-state index is 13.4. The van der Waals surface area contributed by atoms with Crippen LogP contribution in [0.3, 0.4) is 0 Å². The predicted molar refractivity (Wildman–Crippen MR) is 217 cm³/mol. The van der Waals surface area contributed by atoms with Gasteiger partial charge in [0.2, 0.25) is 11.8 Å². The molecule has 0 spiro atoms. The van der Waals surface area contributed by atoms with Crippen LogP contribution in [0.25, 0.3) is 5.00 Å². The first-order valence-electron chi connectivity index (χ1n) is 19.2. The Bertz CT molecular complexity index is 2760. The number of aliphatic imine (C=N–C) groups is 1. The minimum Gasteiger partial charge on any atom is -0.486 e.